The summed E-state index contributed by atoms with van der Waals surface area (Å²) in [6.07, 6.45) is 2.94. The molecule has 2 N–H and O–H groups in total. The molecule has 3 nitrogen and oxygen atoms in total. The smallest absolute Gasteiger partial charge is 0.122 e. The lowest BCUT2D eigenvalue weighted by Gasteiger charge is -2.09. The van der Waals surface area contributed by atoms with E-state index in [9.17, 15) is 0 Å². The van der Waals surface area contributed by atoms with Crippen molar-refractivity contribution in [2.75, 3.05) is 13.7 Å². The van der Waals surface area contributed by atoms with Crippen LogP contribution in [-0.4, -0.2) is 18.6 Å². The quantitative estimate of drug-likeness (QED) is 0.678. The molecular formula is C18H20N2O. The van der Waals surface area contributed by atoms with Crippen molar-refractivity contribution < 1.29 is 4.74 Å². The molecule has 0 bridgehead atoms. The molecule has 0 radical (unpaired) electrons. The number of hydrogen-bond donors (Lipinski definition) is 2. The van der Waals surface area contributed by atoms with Gasteiger partial charge in [0, 0.05) is 18.3 Å². The van der Waals surface area contributed by atoms with Crippen molar-refractivity contribution in [3.63, 3.8) is 0 Å². The number of aromatic amines is 1. The Bertz CT molecular complexity index is 718. The lowest BCUT2D eigenvalue weighted by Crippen LogP contribution is -2.16. The highest BCUT2D eigenvalue weighted by molar-refractivity contribution is 5.79. The van der Waals surface area contributed by atoms with E-state index in [-0.39, 0.29) is 0 Å². The number of nitrogens with one attached hydrogen (secondary N) is 2. The van der Waals surface area contributed by atoms with Crippen molar-refractivity contribution in [1.82, 2.24) is 10.3 Å². The van der Waals surface area contributed by atoms with Crippen LogP contribution >= 0.6 is 0 Å². The summed E-state index contributed by atoms with van der Waals surface area (Å²) < 4.78 is 5.37. The Morgan fingerprint density at radius 1 is 1.10 bits per heavy atom. The van der Waals surface area contributed by atoms with Crippen LogP contribution in [0.15, 0.2) is 54.7 Å². The Labute approximate surface area is 125 Å². The van der Waals surface area contributed by atoms with Crippen LogP contribution in [0.3, 0.4) is 0 Å². The van der Waals surface area contributed by atoms with Crippen LogP contribution in [0.25, 0.3) is 10.9 Å². The van der Waals surface area contributed by atoms with Gasteiger partial charge in [0.1, 0.15) is 5.75 Å². The van der Waals surface area contributed by atoms with Gasteiger partial charge in [0.05, 0.1) is 7.11 Å². The Hall–Kier alpha value is -2.26. The van der Waals surface area contributed by atoms with Crippen molar-refractivity contribution in [2.45, 2.75) is 13.0 Å². The molecule has 3 rings (SSSR count). The van der Waals surface area contributed by atoms with E-state index >= 15 is 0 Å². The molecule has 0 spiro atoms. The molecule has 0 fully saturated rings. The maximum Gasteiger partial charge on any atom is 0.122 e. The first-order valence-electron chi connectivity index (χ1n) is 7.25. The summed E-state index contributed by atoms with van der Waals surface area (Å²) in [7, 11) is 1.72. The van der Waals surface area contributed by atoms with Crippen LogP contribution in [0.2, 0.25) is 0 Å². The molecule has 0 aliphatic carbocycles. The third-order valence-electron chi connectivity index (χ3n) is 3.71. The number of H-pyrrole nitrogens is 1. The zero-order valence-electron chi connectivity index (χ0n) is 12.2. The van der Waals surface area contributed by atoms with Crippen LogP contribution in [-0.2, 0) is 13.0 Å². The number of benzene rings is 2. The molecule has 1 aromatic heterocycles. The van der Waals surface area contributed by atoms with Crippen molar-refractivity contribution in [2.24, 2.45) is 0 Å². The monoisotopic (exact) mass is 280 g/mol. The Morgan fingerprint density at radius 3 is 2.90 bits per heavy atom. The Kier molecular flexibility index (Phi) is 4.22. The van der Waals surface area contributed by atoms with E-state index in [0.717, 1.165) is 25.3 Å². The summed E-state index contributed by atoms with van der Waals surface area (Å²) in [6, 6.07) is 16.8. The molecule has 0 saturated carbocycles. The van der Waals surface area contributed by atoms with Gasteiger partial charge < -0.3 is 15.0 Å². The first kappa shape index (κ1) is 13.7. The fourth-order valence-electron chi connectivity index (χ4n) is 2.58. The van der Waals surface area contributed by atoms with E-state index in [2.05, 4.69) is 46.7 Å². The molecular weight excluding hydrogens is 260 g/mol. The second-order valence-electron chi connectivity index (χ2n) is 5.14. The van der Waals surface area contributed by atoms with Gasteiger partial charge in [0.15, 0.2) is 0 Å². The van der Waals surface area contributed by atoms with E-state index in [1.165, 1.54) is 22.0 Å². The standard InChI is InChI=1S/C18H20N2O/c1-21-18-5-3-2-4-15(18)8-10-19-13-14-6-7-17-16(12-14)9-11-20-17/h2-7,9,11-12,19-20H,8,10,13H2,1H3. The summed E-state index contributed by atoms with van der Waals surface area (Å²) in [6.45, 7) is 1.82. The Morgan fingerprint density at radius 2 is 2.00 bits per heavy atom. The van der Waals surface area contributed by atoms with Crippen LogP contribution in [0, 0.1) is 0 Å². The fourth-order valence-corrected chi connectivity index (χ4v) is 2.58. The minimum atomic E-state index is 0.885. The summed E-state index contributed by atoms with van der Waals surface area (Å²) in [4.78, 5) is 3.21. The maximum atomic E-state index is 5.37. The highest BCUT2D eigenvalue weighted by Gasteiger charge is 2.01. The average Bonchev–Trinajstić information content (AvgIpc) is 2.99. The van der Waals surface area contributed by atoms with Crippen molar-refractivity contribution >= 4 is 10.9 Å². The minimum Gasteiger partial charge on any atom is -0.496 e. The molecule has 0 aliphatic heterocycles. The van der Waals surface area contributed by atoms with Crippen LogP contribution < -0.4 is 10.1 Å². The molecule has 2 aromatic carbocycles. The molecule has 0 saturated heterocycles. The van der Waals surface area contributed by atoms with Gasteiger partial charge in [0.2, 0.25) is 0 Å². The highest BCUT2D eigenvalue weighted by atomic mass is 16.5. The van der Waals surface area contributed by atoms with Gasteiger partial charge in [-0.1, -0.05) is 24.3 Å². The lowest BCUT2D eigenvalue weighted by atomic mass is 10.1. The van der Waals surface area contributed by atoms with Crippen molar-refractivity contribution in [3.05, 3.63) is 65.9 Å². The normalized spacial score (nSPS) is 10.9. The van der Waals surface area contributed by atoms with Crippen molar-refractivity contribution in [3.8, 4) is 5.75 Å². The van der Waals surface area contributed by atoms with E-state index in [1.807, 2.05) is 18.3 Å². The van der Waals surface area contributed by atoms with E-state index in [4.69, 9.17) is 4.74 Å². The molecule has 0 atom stereocenters. The van der Waals surface area contributed by atoms with Gasteiger partial charge in [-0.3, -0.25) is 0 Å². The largest absolute Gasteiger partial charge is 0.496 e. The molecule has 0 amide bonds. The number of methoxy groups -OCH3 is 1. The van der Waals surface area contributed by atoms with Gasteiger partial charge in [-0.15, -0.1) is 0 Å². The van der Waals surface area contributed by atoms with Crippen LogP contribution in [0.1, 0.15) is 11.1 Å². The summed E-state index contributed by atoms with van der Waals surface area (Å²) >= 11 is 0. The second-order valence-corrected chi connectivity index (χ2v) is 5.14. The van der Waals surface area contributed by atoms with Gasteiger partial charge in [0.25, 0.3) is 0 Å². The summed E-state index contributed by atoms with van der Waals surface area (Å²) in [5.74, 6) is 0.966. The Balaban J connectivity index is 1.54. The van der Waals surface area contributed by atoms with Gasteiger partial charge >= 0.3 is 0 Å². The van der Waals surface area contributed by atoms with E-state index < -0.39 is 0 Å². The topological polar surface area (TPSA) is 37.0 Å². The first-order chi connectivity index (χ1) is 10.4. The zero-order valence-corrected chi connectivity index (χ0v) is 12.2. The van der Waals surface area contributed by atoms with E-state index in [1.54, 1.807) is 7.11 Å². The molecule has 21 heavy (non-hydrogen) atoms. The predicted molar refractivity (Wildman–Crippen MR) is 86.7 cm³/mol. The molecule has 0 unspecified atom stereocenters. The number of ether oxygens (including phenoxy) is 1. The number of rotatable bonds is 6. The van der Waals surface area contributed by atoms with Gasteiger partial charge in [-0.2, -0.15) is 0 Å². The molecule has 0 aliphatic rings. The lowest BCUT2D eigenvalue weighted by molar-refractivity contribution is 0.409. The number of aromatic nitrogens is 1. The van der Waals surface area contributed by atoms with Gasteiger partial charge in [-0.25, -0.2) is 0 Å². The number of para-hydroxylation sites is 1. The second kappa shape index (κ2) is 6.46. The van der Waals surface area contributed by atoms with Crippen molar-refractivity contribution in [1.29, 1.82) is 0 Å². The minimum absolute atomic E-state index is 0.885. The fraction of sp³-hybridized carbons (Fsp3) is 0.222. The van der Waals surface area contributed by atoms with Crippen LogP contribution in [0.5, 0.6) is 5.75 Å². The number of fused-ring (bicyclic) bond motifs is 1. The highest BCUT2D eigenvalue weighted by Crippen LogP contribution is 2.17. The summed E-state index contributed by atoms with van der Waals surface area (Å²) in [5, 5.41) is 4.76. The molecule has 108 valence electrons. The third-order valence-corrected chi connectivity index (χ3v) is 3.71. The maximum absolute atomic E-state index is 5.37. The SMILES string of the molecule is COc1ccccc1CCNCc1ccc2[nH]ccc2c1. The third kappa shape index (κ3) is 3.26. The molecule has 1 heterocycles. The zero-order chi connectivity index (χ0) is 14.5. The van der Waals surface area contributed by atoms with Gasteiger partial charge in [-0.05, 0) is 53.7 Å². The predicted octanol–water partition coefficient (Wildman–Crippen LogP) is 3.51. The average molecular weight is 280 g/mol. The molecule has 3 aromatic rings. The number of hydrogen-bond acceptors (Lipinski definition) is 2. The summed E-state index contributed by atoms with van der Waals surface area (Å²) in [5.41, 5.74) is 3.74. The van der Waals surface area contributed by atoms with Crippen LogP contribution in [0.4, 0.5) is 0 Å². The van der Waals surface area contributed by atoms with E-state index in [0.29, 0.717) is 0 Å². The molecule has 3 heteroatoms. The first-order valence-corrected chi connectivity index (χ1v) is 7.25.